The van der Waals surface area contributed by atoms with E-state index in [1.807, 2.05) is 13.0 Å². The van der Waals surface area contributed by atoms with E-state index in [0.717, 1.165) is 51.3 Å². The summed E-state index contributed by atoms with van der Waals surface area (Å²) in [4.78, 5) is 13.7. The number of piperazine rings is 1. The summed E-state index contributed by atoms with van der Waals surface area (Å²) >= 11 is 0. The van der Waals surface area contributed by atoms with Gasteiger partial charge in [-0.05, 0) is 68.9 Å². The van der Waals surface area contributed by atoms with Crippen LogP contribution in [-0.2, 0) is 0 Å². The van der Waals surface area contributed by atoms with E-state index < -0.39 is 0 Å². The van der Waals surface area contributed by atoms with Crippen molar-refractivity contribution in [3.05, 3.63) is 60.0 Å². The molecule has 1 aromatic heterocycles. The lowest BCUT2D eigenvalue weighted by Crippen LogP contribution is -2.44. The first-order chi connectivity index (χ1) is 16.0. The van der Waals surface area contributed by atoms with E-state index in [0.29, 0.717) is 28.6 Å². The fraction of sp³-hybridized carbons (Fsp3) is 0.360. The van der Waals surface area contributed by atoms with Crippen LogP contribution in [0.4, 0.5) is 21.7 Å². The average Bonchev–Trinajstić information content (AvgIpc) is 2.81. The average molecular weight is 451 g/mol. The minimum atomic E-state index is -0.324. The zero-order chi connectivity index (χ0) is 23.2. The molecule has 3 N–H and O–H groups in total. The SMILES string of the molecule is Cc1ccc(Nc2ccc(O)c(-c3ccnc(NCCCN4CCN(C)CC4)n3)c2)c(F)c1. The molecule has 4 rings (SSSR count). The third-order valence-corrected chi connectivity index (χ3v) is 5.86. The summed E-state index contributed by atoms with van der Waals surface area (Å²) in [5.41, 5.74) is 3.04. The Hall–Kier alpha value is -3.23. The second-order valence-electron chi connectivity index (χ2n) is 8.53. The van der Waals surface area contributed by atoms with Crippen LogP contribution < -0.4 is 10.6 Å². The fourth-order valence-electron chi connectivity index (χ4n) is 3.86. The van der Waals surface area contributed by atoms with Gasteiger partial charge in [-0.15, -0.1) is 0 Å². The van der Waals surface area contributed by atoms with Gasteiger partial charge in [0.05, 0.1) is 11.4 Å². The van der Waals surface area contributed by atoms with E-state index in [4.69, 9.17) is 0 Å². The van der Waals surface area contributed by atoms with E-state index in [9.17, 15) is 9.50 Å². The Morgan fingerprint density at radius 1 is 1.06 bits per heavy atom. The number of aromatic hydroxyl groups is 1. The van der Waals surface area contributed by atoms with E-state index in [1.54, 1.807) is 36.5 Å². The number of nitrogens with zero attached hydrogens (tertiary/aromatic N) is 4. The van der Waals surface area contributed by atoms with Gasteiger partial charge < -0.3 is 25.5 Å². The lowest BCUT2D eigenvalue weighted by atomic mass is 10.1. The van der Waals surface area contributed by atoms with E-state index >= 15 is 0 Å². The van der Waals surface area contributed by atoms with Crippen molar-refractivity contribution < 1.29 is 9.50 Å². The third kappa shape index (κ3) is 6.18. The van der Waals surface area contributed by atoms with Gasteiger partial charge >= 0.3 is 0 Å². The van der Waals surface area contributed by atoms with Gasteiger partial charge in [0.15, 0.2) is 0 Å². The monoisotopic (exact) mass is 450 g/mol. The van der Waals surface area contributed by atoms with Crippen LogP contribution in [0.5, 0.6) is 5.75 Å². The van der Waals surface area contributed by atoms with Crippen LogP contribution in [0.2, 0.25) is 0 Å². The standard InChI is InChI=1S/C25H31FN6O/c1-18-4-6-23(21(26)16-18)29-19-5-7-24(33)20(17-19)22-8-10-28-25(30-22)27-9-3-11-32-14-12-31(2)13-15-32/h4-8,10,16-17,29,33H,3,9,11-15H2,1-2H3,(H,27,28,30). The first-order valence-electron chi connectivity index (χ1n) is 11.3. The molecule has 0 saturated carbocycles. The van der Waals surface area contributed by atoms with E-state index in [-0.39, 0.29) is 11.6 Å². The molecule has 0 atom stereocenters. The second-order valence-corrected chi connectivity index (χ2v) is 8.53. The molecule has 0 spiro atoms. The van der Waals surface area contributed by atoms with E-state index in [1.165, 1.54) is 6.07 Å². The van der Waals surface area contributed by atoms with Crippen molar-refractivity contribution in [2.24, 2.45) is 0 Å². The van der Waals surface area contributed by atoms with E-state index in [2.05, 4.69) is 37.4 Å². The smallest absolute Gasteiger partial charge is 0.223 e. The predicted molar refractivity (Wildman–Crippen MR) is 131 cm³/mol. The van der Waals surface area contributed by atoms with Gasteiger partial charge in [0.2, 0.25) is 5.95 Å². The summed E-state index contributed by atoms with van der Waals surface area (Å²) in [6.07, 6.45) is 2.67. The molecule has 174 valence electrons. The van der Waals surface area contributed by atoms with Crippen molar-refractivity contribution in [1.29, 1.82) is 0 Å². The van der Waals surface area contributed by atoms with Crippen molar-refractivity contribution in [3.63, 3.8) is 0 Å². The maximum Gasteiger partial charge on any atom is 0.223 e. The summed E-state index contributed by atoms with van der Waals surface area (Å²) in [6, 6.07) is 11.8. The number of benzene rings is 2. The Balaban J connectivity index is 1.39. The topological polar surface area (TPSA) is 76.6 Å². The zero-order valence-corrected chi connectivity index (χ0v) is 19.2. The minimum Gasteiger partial charge on any atom is -0.507 e. The van der Waals surface area contributed by atoms with Crippen molar-refractivity contribution >= 4 is 17.3 Å². The molecule has 3 aromatic rings. The van der Waals surface area contributed by atoms with Crippen LogP contribution in [-0.4, -0.2) is 71.2 Å². The van der Waals surface area contributed by atoms with Crippen LogP contribution in [0.1, 0.15) is 12.0 Å². The molecule has 0 bridgehead atoms. The van der Waals surface area contributed by atoms with Crippen LogP contribution in [0.25, 0.3) is 11.3 Å². The Labute approximate surface area is 194 Å². The van der Waals surface area contributed by atoms with Crippen LogP contribution in [0, 0.1) is 12.7 Å². The molecule has 2 heterocycles. The molecule has 0 aliphatic carbocycles. The van der Waals surface area contributed by atoms with Gasteiger partial charge in [0, 0.05) is 50.2 Å². The third-order valence-electron chi connectivity index (χ3n) is 5.86. The molecule has 1 aliphatic heterocycles. The first-order valence-corrected chi connectivity index (χ1v) is 11.3. The number of halogens is 1. The van der Waals surface area contributed by atoms with Crippen molar-refractivity contribution in [1.82, 2.24) is 19.8 Å². The van der Waals surface area contributed by atoms with Gasteiger partial charge in [-0.25, -0.2) is 14.4 Å². The quantitative estimate of drug-likeness (QED) is 0.352. The summed E-state index contributed by atoms with van der Waals surface area (Å²) in [5.74, 6) is 0.299. The summed E-state index contributed by atoms with van der Waals surface area (Å²) in [7, 11) is 2.16. The van der Waals surface area contributed by atoms with Crippen LogP contribution >= 0.6 is 0 Å². The lowest BCUT2D eigenvalue weighted by Gasteiger charge is -2.32. The van der Waals surface area contributed by atoms with Crippen molar-refractivity contribution in [2.75, 3.05) is 56.9 Å². The minimum absolute atomic E-state index is 0.102. The number of nitrogens with one attached hydrogen (secondary N) is 2. The van der Waals surface area contributed by atoms with Gasteiger partial charge in [-0.3, -0.25) is 0 Å². The molecule has 0 amide bonds. The highest BCUT2D eigenvalue weighted by Crippen LogP contribution is 2.32. The predicted octanol–water partition coefficient (Wildman–Crippen LogP) is 4.09. The van der Waals surface area contributed by atoms with Gasteiger partial charge in [-0.1, -0.05) is 6.07 Å². The highest BCUT2D eigenvalue weighted by atomic mass is 19.1. The molecule has 2 aromatic carbocycles. The number of likely N-dealkylation sites (N-methyl/N-ethyl adjacent to an activating group) is 1. The molecule has 8 heteroatoms. The number of phenolic OH excluding ortho intramolecular Hbond substituents is 1. The van der Waals surface area contributed by atoms with Gasteiger partial charge in [-0.2, -0.15) is 0 Å². The Kier molecular flexibility index (Phi) is 7.36. The highest BCUT2D eigenvalue weighted by molar-refractivity contribution is 5.74. The summed E-state index contributed by atoms with van der Waals surface area (Å²) < 4.78 is 14.2. The molecular formula is C25H31FN6O. The number of hydrogen-bond donors (Lipinski definition) is 3. The Bertz CT molecular complexity index is 1080. The van der Waals surface area contributed by atoms with Crippen molar-refractivity contribution in [3.8, 4) is 17.0 Å². The lowest BCUT2D eigenvalue weighted by molar-refractivity contribution is 0.154. The maximum atomic E-state index is 14.2. The van der Waals surface area contributed by atoms with Gasteiger partial charge in [0.1, 0.15) is 11.6 Å². The molecule has 1 saturated heterocycles. The fourth-order valence-corrected chi connectivity index (χ4v) is 3.86. The summed E-state index contributed by atoms with van der Waals surface area (Å²) in [6.45, 7) is 8.12. The van der Waals surface area contributed by atoms with Crippen LogP contribution in [0.15, 0.2) is 48.7 Å². The summed E-state index contributed by atoms with van der Waals surface area (Å²) in [5, 5.41) is 16.8. The molecule has 33 heavy (non-hydrogen) atoms. The molecule has 1 aliphatic rings. The molecule has 7 nitrogen and oxygen atoms in total. The zero-order valence-electron chi connectivity index (χ0n) is 19.2. The second kappa shape index (κ2) is 10.6. The maximum absolute atomic E-state index is 14.2. The number of rotatable bonds is 8. The highest BCUT2D eigenvalue weighted by Gasteiger charge is 2.13. The largest absolute Gasteiger partial charge is 0.507 e. The van der Waals surface area contributed by atoms with Crippen LogP contribution in [0.3, 0.4) is 0 Å². The number of anilines is 3. The number of aryl methyl sites for hydroxylation is 1. The van der Waals surface area contributed by atoms with Crippen molar-refractivity contribution in [2.45, 2.75) is 13.3 Å². The molecule has 0 radical (unpaired) electrons. The number of phenols is 1. The molecular weight excluding hydrogens is 419 g/mol. The Morgan fingerprint density at radius 2 is 1.88 bits per heavy atom. The Morgan fingerprint density at radius 3 is 2.67 bits per heavy atom. The first kappa shape index (κ1) is 22.9. The normalized spacial score (nSPS) is 14.9. The van der Waals surface area contributed by atoms with Gasteiger partial charge in [0.25, 0.3) is 0 Å². The number of hydrogen-bond acceptors (Lipinski definition) is 7. The molecule has 1 fully saturated rings. The molecule has 0 unspecified atom stereocenters. The number of aromatic nitrogens is 2.